The van der Waals surface area contributed by atoms with E-state index in [1.165, 1.54) is 23.0 Å². The van der Waals surface area contributed by atoms with Crippen molar-refractivity contribution in [2.24, 2.45) is 10.7 Å². The van der Waals surface area contributed by atoms with Crippen molar-refractivity contribution in [2.45, 2.75) is 25.0 Å². The van der Waals surface area contributed by atoms with Crippen LogP contribution in [0.1, 0.15) is 19.4 Å². The molecule has 2 N–H and O–H groups in total. The maximum Gasteiger partial charge on any atom is 0.434 e. The van der Waals surface area contributed by atoms with Crippen LogP contribution in [0.15, 0.2) is 41.7 Å². The molecule has 0 spiro atoms. The Balaban J connectivity index is 2.00. The summed E-state index contributed by atoms with van der Waals surface area (Å²) in [5.41, 5.74) is 7.12. The number of hydroxylamine groups is 2. The number of carbonyl (C=O) groups is 1. The summed E-state index contributed by atoms with van der Waals surface area (Å²) in [6.07, 6.45) is 2.73. The number of amides is 1. The molecule has 25 heavy (non-hydrogen) atoms. The molecular formula is C17H24N4O3S. The first-order chi connectivity index (χ1) is 12.1. The zero-order chi connectivity index (χ0) is 18.2. The highest BCUT2D eigenvalue weighted by molar-refractivity contribution is 7.99. The van der Waals surface area contributed by atoms with E-state index in [0.717, 1.165) is 11.3 Å². The molecule has 1 atom stereocenters. The van der Waals surface area contributed by atoms with E-state index < -0.39 is 6.09 Å². The van der Waals surface area contributed by atoms with Crippen molar-refractivity contribution in [3.8, 4) is 5.75 Å². The first-order valence-electron chi connectivity index (χ1n) is 8.08. The van der Waals surface area contributed by atoms with E-state index in [-0.39, 0.29) is 5.37 Å². The normalized spacial score (nSPS) is 16.4. The Hall–Kier alpha value is -2.35. The minimum Gasteiger partial charge on any atom is -0.497 e. The Morgan fingerprint density at radius 2 is 2.00 bits per heavy atom. The van der Waals surface area contributed by atoms with Crippen LogP contribution in [0.3, 0.4) is 0 Å². The first-order valence-corrected chi connectivity index (χ1v) is 9.13. The summed E-state index contributed by atoms with van der Waals surface area (Å²) in [6.45, 7) is 4.98. The fourth-order valence-electron chi connectivity index (χ4n) is 2.22. The van der Waals surface area contributed by atoms with Gasteiger partial charge in [-0.05, 0) is 31.5 Å². The van der Waals surface area contributed by atoms with Crippen LogP contribution in [0.2, 0.25) is 0 Å². The highest BCUT2D eigenvalue weighted by atomic mass is 32.2. The molecule has 136 valence electrons. The van der Waals surface area contributed by atoms with Gasteiger partial charge in [0.1, 0.15) is 11.6 Å². The van der Waals surface area contributed by atoms with Crippen LogP contribution in [0.5, 0.6) is 5.75 Å². The molecule has 1 aromatic carbocycles. The van der Waals surface area contributed by atoms with Gasteiger partial charge in [-0.25, -0.2) is 9.79 Å². The smallest absolute Gasteiger partial charge is 0.434 e. The molecule has 0 fully saturated rings. The zero-order valence-electron chi connectivity index (χ0n) is 14.7. The molecule has 1 aromatic rings. The van der Waals surface area contributed by atoms with Crippen molar-refractivity contribution in [1.29, 1.82) is 0 Å². The van der Waals surface area contributed by atoms with Gasteiger partial charge < -0.3 is 20.2 Å². The number of benzene rings is 1. The van der Waals surface area contributed by atoms with Crippen LogP contribution in [-0.4, -0.2) is 47.5 Å². The molecule has 0 aromatic heterocycles. The lowest BCUT2D eigenvalue weighted by Crippen LogP contribution is -2.45. The van der Waals surface area contributed by atoms with Crippen LogP contribution < -0.4 is 10.5 Å². The largest absolute Gasteiger partial charge is 0.497 e. The summed E-state index contributed by atoms with van der Waals surface area (Å²) in [4.78, 5) is 23.4. The van der Waals surface area contributed by atoms with Gasteiger partial charge in [0.2, 0.25) is 0 Å². The van der Waals surface area contributed by atoms with Gasteiger partial charge in [-0.3, -0.25) is 0 Å². The molecule has 8 heteroatoms. The number of methoxy groups -OCH3 is 1. The van der Waals surface area contributed by atoms with Crippen molar-refractivity contribution in [3.63, 3.8) is 0 Å². The summed E-state index contributed by atoms with van der Waals surface area (Å²) in [7, 11) is 1.64. The van der Waals surface area contributed by atoms with Gasteiger partial charge in [-0.2, -0.15) is 5.06 Å². The predicted octanol–water partition coefficient (Wildman–Crippen LogP) is 2.79. The number of thioether (sulfide) groups is 1. The van der Waals surface area contributed by atoms with Crippen molar-refractivity contribution in [2.75, 3.05) is 20.2 Å². The molecule has 0 aliphatic carbocycles. The highest BCUT2D eigenvalue weighted by Crippen LogP contribution is 2.25. The Kier molecular flexibility index (Phi) is 7.00. The number of nitrogens with zero attached hydrogens (tertiary/aromatic N) is 3. The van der Waals surface area contributed by atoms with Crippen molar-refractivity contribution >= 4 is 23.7 Å². The second-order valence-electron chi connectivity index (χ2n) is 5.25. The van der Waals surface area contributed by atoms with Gasteiger partial charge in [0.05, 0.1) is 13.3 Å². The quantitative estimate of drug-likeness (QED) is 0.801. The summed E-state index contributed by atoms with van der Waals surface area (Å²) >= 11 is 1.53. The van der Waals surface area contributed by atoms with Crippen molar-refractivity contribution in [3.05, 3.63) is 42.2 Å². The van der Waals surface area contributed by atoms with Gasteiger partial charge in [-0.1, -0.05) is 12.1 Å². The summed E-state index contributed by atoms with van der Waals surface area (Å²) in [5, 5.41) is 1.09. The van der Waals surface area contributed by atoms with Crippen LogP contribution in [-0.2, 0) is 10.6 Å². The molecule has 1 unspecified atom stereocenters. The van der Waals surface area contributed by atoms with E-state index in [9.17, 15) is 4.79 Å². The minimum absolute atomic E-state index is 0.369. The number of hydrogen-bond acceptors (Lipinski definition) is 7. The van der Waals surface area contributed by atoms with E-state index in [1.807, 2.05) is 38.1 Å². The average Bonchev–Trinajstić information content (AvgIpc) is 2.62. The average molecular weight is 364 g/mol. The third-order valence-electron chi connectivity index (χ3n) is 3.69. The summed E-state index contributed by atoms with van der Waals surface area (Å²) in [5.74, 6) is 1.90. The topological polar surface area (TPSA) is 80.4 Å². The molecule has 1 heterocycles. The van der Waals surface area contributed by atoms with Crippen LogP contribution in [0, 0.1) is 0 Å². The van der Waals surface area contributed by atoms with Gasteiger partial charge in [0.25, 0.3) is 0 Å². The number of amidine groups is 1. The molecule has 0 saturated heterocycles. The van der Waals surface area contributed by atoms with Crippen LogP contribution in [0.25, 0.3) is 0 Å². The summed E-state index contributed by atoms with van der Waals surface area (Å²) in [6, 6.07) is 7.80. The van der Waals surface area contributed by atoms with Crippen molar-refractivity contribution in [1.82, 2.24) is 9.96 Å². The Morgan fingerprint density at radius 3 is 2.60 bits per heavy atom. The van der Waals surface area contributed by atoms with E-state index in [2.05, 4.69) is 4.99 Å². The van der Waals surface area contributed by atoms with Crippen LogP contribution in [0.4, 0.5) is 4.79 Å². The van der Waals surface area contributed by atoms with E-state index >= 15 is 0 Å². The van der Waals surface area contributed by atoms with Gasteiger partial charge in [-0.15, -0.1) is 11.8 Å². The predicted molar refractivity (Wildman–Crippen MR) is 100 cm³/mol. The first kappa shape index (κ1) is 19.0. The molecular weight excluding hydrogens is 340 g/mol. The Labute approximate surface area is 152 Å². The molecule has 1 aliphatic heterocycles. The van der Waals surface area contributed by atoms with E-state index in [0.29, 0.717) is 24.7 Å². The maximum atomic E-state index is 12.2. The second kappa shape index (κ2) is 9.22. The van der Waals surface area contributed by atoms with Crippen LogP contribution >= 0.6 is 11.8 Å². The number of hydrogen-bond donors (Lipinski definition) is 1. The van der Waals surface area contributed by atoms with Gasteiger partial charge >= 0.3 is 6.09 Å². The molecule has 1 amide bonds. The Bertz CT molecular complexity index is 629. The van der Waals surface area contributed by atoms with Crippen molar-refractivity contribution < 1.29 is 14.4 Å². The number of ether oxygens (including phenoxy) is 1. The number of carbonyl (C=O) groups excluding carboxylic acids is 1. The van der Waals surface area contributed by atoms with Gasteiger partial charge in [0, 0.05) is 25.0 Å². The lowest BCUT2D eigenvalue weighted by Gasteiger charge is -2.31. The molecule has 0 bridgehead atoms. The monoisotopic (exact) mass is 364 g/mol. The maximum absolute atomic E-state index is 12.2. The highest BCUT2D eigenvalue weighted by Gasteiger charge is 2.27. The molecule has 7 nitrogen and oxygen atoms in total. The molecule has 2 rings (SSSR count). The van der Waals surface area contributed by atoms with E-state index in [4.69, 9.17) is 15.3 Å². The Morgan fingerprint density at radius 1 is 1.32 bits per heavy atom. The van der Waals surface area contributed by atoms with Gasteiger partial charge in [0.15, 0.2) is 5.37 Å². The molecule has 0 saturated carbocycles. The fourth-order valence-corrected chi connectivity index (χ4v) is 3.26. The second-order valence-corrected chi connectivity index (χ2v) is 6.32. The minimum atomic E-state index is -0.403. The number of nitrogens with two attached hydrogens (primary N) is 1. The lowest BCUT2D eigenvalue weighted by atomic mass is 10.2. The standard InChI is InChI=1S/C17H24N4O3S/c1-4-20(5-2)17(22)24-21-11-10-19-15(18)16(21)25-12-13-6-8-14(23-3)9-7-13/h6-11,16H,4-5,12H2,1-3H3,(H2,18,19). The lowest BCUT2D eigenvalue weighted by molar-refractivity contribution is -0.0697. The fraction of sp³-hybridized carbons (Fsp3) is 0.412. The molecule has 0 radical (unpaired) electrons. The molecule has 1 aliphatic rings. The third-order valence-corrected chi connectivity index (χ3v) is 4.96. The number of rotatable bonds is 7. The van der Waals surface area contributed by atoms with E-state index in [1.54, 1.807) is 18.2 Å². The number of aliphatic imine (C=N–C) groups is 1. The zero-order valence-corrected chi connectivity index (χ0v) is 15.5. The summed E-state index contributed by atoms with van der Waals surface area (Å²) < 4.78 is 5.16. The third kappa shape index (κ3) is 5.06. The SMILES string of the molecule is CCN(CC)C(=O)ON1C=CN=C(N)C1SCc1ccc(OC)cc1.